The van der Waals surface area contributed by atoms with E-state index >= 15 is 0 Å². The van der Waals surface area contributed by atoms with Crippen molar-refractivity contribution in [3.63, 3.8) is 0 Å². The fourth-order valence-electron chi connectivity index (χ4n) is 1.51. The van der Waals surface area contributed by atoms with Gasteiger partial charge < -0.3 is 10.1 Å². The molecule has 1 heterocycles. The molecule has 0 N–H and O–H groups in total. The van der Waals surface area contributed by atoms with E-state index in [2.05, 4.69) is 55.8 Å². The molecule has 0 aliphatic carbocycles. The van der Waals surface area contributed by atoms with Gasteiger partial charge in [0.25, 0.3) is 4.73 Å². The van der Waals surface area contributed by atoms with Crippen molar-refractivity contribution in [2.75, 3.05) is 5.33 Å². The Labute approximate surface area is 116 Å². The summed E-state index contributed by atoms with van der Waals surface area (Å²) in [5.74, 6) is -0.368. The maximum atomic E-state index is 10.6. The molecule has 0 saturated heterocycles. The second-order valence-electron chi connectivity index (χ2n) is 3.94. The quantitative estimate of drug-likeness (QED) is 0.438. The number of rotatable bonds is 6. The average Bonchev–Trinajstić information content (AvgIpc) is 2.68. The number of nitro groups is 1. The van der Waals surface area contributed by atoms with Crippen molar-refractivity contribution in [1.29, 1.82) is 0 Å². The van der Waals surface area contributed by atoms with Gasteiger partial charge in [0.2, 0.25) is 0 Å². The van der Waals surface area contributed by atoms with Crippen LogP contribution in [0.25, 0.3) is 0 Å². The van der Waals surface area contributed by atoms with Crippen LogP contribution in [0.2, 0.25) is 0 Å². The van der Waals surface area contributed by atoms with Crippen LogP contribution in [0.1, 0.15) is 26.7 Å². The second-order valence-corrected chi connectivity index (χ2v) is 5.21. The minimum absolute atomic E-state index is 0.0457. The molecular formula is C9H14Br2N4O2. The van der Waals surface area contributed by atoms with Gasteiger partial charge in [0, 0.05) is 31.8 Å². The zero-order valence-electron chi connectivity index (χ0n) is 9.69. The lowest BCUT2D eigenvalue weighted by atomic mass is 9.85. The van der Waals surface area contributed by atoms with Crippen molar-refractivity contribution in [3.05, 3.63) is 14.8 Å². The Kier molecular flexibility index (Phi) is 5.05. The SMILES string of the molecule is CCC(CC)(CBr)Cn1nc([N+](=O)[O-])nc1Br. The Morgan fingerprint density at radius 2 is 2.06 bits per heavy atom. The van der Waals surface area contributed by atoms with Gasteiger partial charge in [-0.15, -0.1) is 0 Å². The first-order valence-corrected chi connectivity index (χ1v) is 7.20. The molecule has 0 radical (unpaired) electrons. The van der Waals surface area contributed by atoms with E-state index in [1.807, 2.05) is 0 Å². The van der Waals surface area contributed by atoms with Crippen molar-refractivity contribution in [2.45, 2.75) is 33.2 Å². The Morgan fingerprint density at radius 3 is 2.41 bits per heavy atom. The minimum atomic E-state index is -0.588. The van der Waals surface area contributed by atoms with E-state index in [9.17, 15) is 10.1 Å². The number of nitrogens with zero attached hydrogens (tertiary/aromatic N) is 4. The highest BCUT2D eigenvalue weighted by Crippen LogP contribution is 2.31. The van der Waals surface area contributed by atoms with Gasteiger partial charge >= 0.3 is 5.95 Å². The molecule has 6 nitrogen and oxygen atoms in total. The maximum absolute atomic E-state index is 10.6. The minimum Gasteiger partial charge on any atom is -0.390 e. The lowest BCUT2D eigenvalue weighted by Crippen LogP contribution is -2.28. The van der Waals surface area contributed by atoms with Crippen molar-refractivity contribution in [1.82, 2.24) is 14.8 Å². The normalized spacial score (nSPS) is 11.8. The summed E-state index contributed by atoms with van der Waals surface area (Å²) in [5.41, 5.74) is 0.0457. The average molecular weight is 370 g/mol. The highest BCUT2D eigenvalue weighted by molar-refractivity contribution is 9.10. The molecule has 0 saturated carbocycles. The molecule has 1 aromatic heterocycles. The first-order valence-electron chi connectivity index (χ1n) is 5.28. The van der Waals surface area contributed by atoms with Crippen LogP contribution >= 0.6 is 31.9 Å². The summed E-state index contributed by atoms with van der Waals surface area (Å²) in [4.78, 5) is 13.7. The smallest absolute Gasteiger partial charge is 0.390 e. The molecule has 0 amide bonds. The van der Waals surface area contributed by atoms with Crippen LogP contribution in [0.5, 0.6) is 0 Å². The van der Waals surface area contributed by atoms with E-state index in [1.54, 1.807) is 4.68 Å². The van der Waals surface area contributed by atoms with Crippen LogP contribution in [-0.2, 0) is 6.54 Å². The summed E-state index contributed by atoms with van der Waals surface area (Å²) in [6.45, 7) is 4.81. The molecule has 0 spiro atoms. The summed E-state index contributed by atoms with van der Waals surface area (Å²) in [5, 5.41) is 15.3. The highest BCUT2D eigenvalue weighted by Gasteiger charge is 2.30. The van der Waals surface area contributed by atoms with Crippen LogP contribution in [0.15, 0.2) is 4.73 Å². The van der Waals surface area contributed by atoms with Crippen LogP contribution in [0, 0.1) is 15.5 Å². The van der Waals surface area contributed by atoms with Gasteiger partial charge in [0.05, 0.1) is 6.54 Å². The van der Waals surface area contributed by atoms with Crippen LogP contribution in [0.4, 0.5) is 5.95 Å². The largest absolute Gasteiger partial charge is 0.492 e. The summed E-state index contributed by atoms with van der Waals surface area (Å²) in [6, 6.07) is 0. The Morgan fingerprint density at radius 1 is 1.47 bits per heavy atom. The molecule has 0 unspecified atom stereocenters. The van der Waals surface area contributed by atoms with Crippen molar-refractivity contribution in [3.8, 4) is 0 Å². The summed E-state index contributed by atoms with van der Waals surface area (Å²) in [6.07, 6.45) is 1.93. The van der Waals surface area contributed by atoms with E-state index in [-0.39, 0.29) is 11.4 Å². The van der Waals surface area contributed by atoms with Gasteiger partial charge in [-0.3, -0.25) is 0 Å². The maximum Gasteiger partial charge on any atom is 0.492 e. The van der Waals surface area contributed by atoms with Gasteiger partial charge in [0.15, 0.2) is 0 Å². The van der Waals surface area contributed by atoms with Gasteiger partial charge in [-0.2, -0.15) is 4.68 Å². The van der Waals surface area contributed by atoms with E-state index < -0.39 is 4.92 Å². The highest BCUT2D eigenvalue weighted by atomic mass is 79.9. The fourth-order valence-corrected chi connectivity index (χ4v) is 2.85. The third kappa shape index (κ3) is 3.25. The molecule has 0 aromatic carbocycles. The molecule has 0 bridgehead atoms. The summed E-state index contributed by atoms with van der Waals surface area (Å²) < 4.78 is 1.95. The zero-order valence-corrected chi connectivity index (χ0v) is 12.9. The van der Waals surface area contributed by atoms with E-state index in [4.69, 9.17) is 0 Å². The Hall–Kier alpha value is -0.500. The van der Waals surface area contributed by atoms with Crippen molar-refractivity contribution in [2.24, 2.45) is 5.41 Å². The lowest BCUT2D eigenvalue weighted by Gasteiger charge is -2.28. The summed E-state index contributed by atoms with van der Waals surface area (Å²) in [7, 11) is 0. The van der Waals surface area contributed by atoms with E-state index in [0.717, 1.165) is 18.2 Å². The Balaban J connectivity index is 2.97. The van der Waals surface area contributed by atoms with Crippen molar-refractivity contribution < 1.29 is 4.92 Å². The molecule has 0 aliphatic rings. The summed E-state index contributed by atoms with van der Waals surface area (Å²) >= 11 is 6.70. The lowest BCUT2D eigenvalue weighted by molar-refractivity contribution is -0.394. The monoisotopic (exact) mass is 368 g/mol. The van der Waals surface area contributed by atoms with Gasteiger partial charge in [0.1, 0.15) is 0 Å². The van der Waals surface area contributed by atoms with Crippen LogP contribution in [0.3, 0.4) is 0 Å². The number of hydrogen-bond donors (Lipinski definition) is 0. The zero-order chi connectivity index (χ0) is 13.1. The van der Waals surface area contributed by atoms with Gasteiger partial charge in [-0.1, -0.05) is 29.8 Å². The third-order valence-corrected chi connectivity index (χ3v) is 4.82. The van der Waals surface area contributed by atoms with Crippen LogP contribution < -0.4 is 0 Å². The molecule has 0 aliphatic heterocycles. The fraction of sp³-hybridized carbons (Fsp3) is 0.778. The molecule has 1 aromatic rings. The molecule has 0 fully saturated rings. The molecule has 1 rings (SSSR count). The van der Waals surface area contributed by atoms with Gasteiger partial charge in [-0.25, -0.2) is 0 Å². The predicted octanol–water partition coefficient (Wildman–Crippen LogP) is 3.15. The molecule has 8 heteroatoms. The Bertz CT molecular complexity index is 395. The molecule has 0 atom stereocenters. The number of alkyl halides is 1. The first-order chi connectivity index (χ1) is 7.98. The molecule has 17 heavy (non-hydrogen) atoms. The molecule has 96 valence electrons. The van der Waals surface area contributed by atoms with Crippen LogP contribution in [-0.4, -0.2) is 25.0 Å². The van der Waals surface area contributed by atoms with E-state index in [0.29, 0.717) is 11.3 Å². The number of halogens is 2. The predicted molar refractivity (Wildman–Crippen MR) is 71.2 cm³/mol. The van der Waals surface area contributed by atoms with Gasteiger partial charge in [-0.05, 0) is 22.7 Å². The standard InChI is InChI=1S/C9H14Br2N4O2/c1-3-9(4-2,5-10)6-14-7(11)12-8(13-14)15(16)17/h3-6H2,1-2H3. The van der Waals surface area contributed by atoms with E-state index in [1.165, 1.54) is 0 Å². The number of hydrogen-bond acceptors (Lipinski definition) is 4. The van der Waals surface area contributed by atoms with Crippen molar-refractivity contribution >= 4 is 37.8 Å². The number of aromatic nitrogens is 3. The second kappa shape index (κ2) is 5.90. The first kappa shape index (κ1) is 14.6. The third-order valence-electron chi connectivity index (χ3n) is 3.05. The molecular weight excluding hydrogens is 356 g/mol. The topological polar surface area (TPSA) is 73.8 Å².